The first-order chi connectivity index (χ1) is 13.5. The molecule has 0 saturated carbocycles. The highest BCUT2D eigenvalue weighted by molar-refractivity contribution is 5.95. The number of hydrazine groups is 1. The average Bonchev–Trinajstić information content (AvgIpc) is 2.72. The number of carbonyl (C=O) groups is 1. The second-order valence-corrected chi connectivity index (χ2v) is 5.64. The summed E-state index contributed by atoms with van der Waals surface area (Å²) in [5.74, 6) is -0.819. The summed E-state index contributed by atoms with van der Waals surface area (Å²) in [7, 11) is 0. The topological polar surface area (TPSA) is 166 Å². The van der Waals surface area contributed by atoms with E-state index < -0.39 is 21.4 Å². The first kappa shape index (κ1) is 18.9. The van der Waals surface area contributed by atoms with E-state index in [4.69, 9.17) is 4.74 Å². The number of carbonyl (C=O) groups excluding carboxylic acids is 1. The van der Waals surface area contributed by atoms with Gasteiger partial charge in [0, 0.05) is 30.8 Å². The average molecular weight is 389 g/mol. The summed E-state index contributed by atoms with van der Waals surface area (Å²) in [5.41, 5.74) is 4.01. The minimum absolute atomic E-state index is 0.00631. The number of hydrogen-bond donors (Lipinski definition) is 2. The molecule has 0 aliphatic carbocycles. The SMILES string of the molecule is O=C(NNc1ncnc(N2CCOCC2)c1[N+](=O)[O-])c1cccc([N+](=O)[O-])c1. The number of morpholine rings is 1. The van der Waals surface area contributed by atoms with Crippen molar-refractivity contribution >= 4 is 28.9 Å². The van der Waals surface area contributed by atoms with Gasteiger partial charge in [-0.15, -0.1) is 0 Å². The number of aromatic nitrogens is 2. The summed E-state index contributed by atoms with van der Waals surface area (Å²) in [5, 5.41) is 22.4. The molecule has 3 rings (SSSR count). The van der Waals surface area contributed by atoms with Crippen LogP contribution >= 0.6 is 0 Å². The molecule has 2 heterocycles. The number of rotatable bonds is 6. The molecule has 1 saturated heterocycles. The van der Waals surface area contributed by atoms with Gasteiger partial charge in [-0.25, -0.2) is 9.97 Å². The maximum absolute atomic E-state index is 12.2. The number of nitrogens with zero attached hydrogens (tertiary/aromatic N) is 5. The van der Waals surface area contributed by atoms with Crippen molar-refractivity contribution in [3.63, 3.8) is 0 Å². The Morgan fingerprint density at radius 3 is 2.57 bits per heavy atom. The maximum atomic E-state index is 12.2. The Bertz CT molecular complexity index is 916. The third-order valence-electron chi connectivity index (χ3n) is 3.91. The standard InChI is InChI=1S/C15H15N7O6/c23-15(10-2-1-3-11(8-10)21(24)25)19-18-13-12(22(26)27)14(17-9-16-13)20-4-6-28-7-5-20/h1-3,8-9H,4-7H2,(H,19,23)(H,16,17,18). The van der Waals surface area contributed by atoms with Crippen molar-refractivity contribution in [3.05, 3.63) is 56.4 Å². The highest BCUT2D eigenvalue weighted by atomic mass is 16.6. The van der Waals surface area contributed by atoms with Crippen LogP contribution in [0.5, 0.6) is 0 Å². The molecule has 0 atom stereocenters. The second-order valence-electron chi connectivity index (χ2n) is 5.64. The van der Waals surface area contributed by atoms with E-state index in [0.717, 1.165) is 12.4 Å². The van der Waals surface area contributed by atoms with Gasteiger partial charge in [0.1, 0.15) is 6.33 Å². The number of nitro benzene ring substituents is 1. The predicted molar refractivity (Wildman–Crippen MR) is 95.9 cm³/mol. The molecule has 0 unspecified atom stereocenters. The van der Waals surface area contributed by atoms with Crippen molar-refractivity contribution in [1.29, 1.82) is 0 Å². The predicted octanol–water partition coefficient (Wildman–Crippen LogP) is 0.886. The van der Waals surface area contributed by atoms with E-state index in [9.17, 15) is 25.0 Å². The summed E-state index contributed by atoms with van der Waals surface area (Å²) < 4.78 is 5.23. The van der Waals surface area contributed by atoms with Gasteiger partial charge in [-0.1, -0.05) is 6.07 Å². The summed E-state index contributed by atoms with van der Waals surface area (Å²) in [6.07, 6.45) is 1.14. The molecule has 0 radical (unpaired) electrons. The number of hydrogen-bond acceptors (Lipinski definition) is 10. The molecule has 1 fully saturated rings. The zero-order valence-corrected chi connectivity index (χ0v) is 14.4. The zero-order valence-electron chi connectivity index (χ0n) is 14.4. The lowest BCUT2D eigenvalue weighted by Gasteiger charge is -2.27. The highest BCUT2D eigenvalue weighted by Gasteiger charge is 2.28. The van der Waals surface area contributed by atoms with Crippen LogP contribution in [0.2, 0.25) is 0 Å². The molecule has 0 bridgehead atoms. The van der Waals surface area contributed by atoms with Gasteiger partial charge < -0.3 is 9.64 Å². The smallest absolute Gasteiger partial charge is 0.355 e. The lowest BCUT2D eigenvalue weighted by Crippen LogP contribution is -2.37. The van der Waals surface area contributed by atoms with Crippen molar-refractivity contribution in [2.75, 3.05) is 36.6 Å². The summed E-state index contributed by atoms with van der Waals surface area (Å²) >= 11 is 0. The van der Waals surface area contributed by atoms with Crippen LogP contribution in [-0.4, -0.2) is 52.0 Å². The van der Waals surface area contributed by atoms with Crippen molar-refractivity contribution in [1.82, 2.24) is 15.4 Å². The molecule has 1 aromatic heterocycles. The van der Waals surface area contributed by atoms with Gasteiger partial charge >= 0.3 is 5.69 Å². The van der Waals surface area contributed by atoms with Crippen molar-refractivity contribution in [2.24, 2.45) is 0 Å². The Hall–Kier alpha value is -3.87. The Kier molecular flexibility index (Phi) is 5.55. The molecule has 0 spiro atoms. The maximum Gasteiger partial charge on any atom is 0.355 e. The normalized spacial score (nSPS) is 13.6. The fourth-order valence-corrected chi connectivity index (χ4v) is 2.58. The molecule has 2 N–H and O–H groups in total. The van der Waals surface area contributed by atoms with Crippen LogP contribution in [0.4, 0.5) is 23.0 Å². The third kappa shape index (κ3) is 4.09. The zero-order chi connectivity index (χ0) is 20.1. The van der Waals surface area contributed by atoms with Gasteiger partial charge in [-0.05, 0) is 6.07 Å². The summed E-state index contributed by atoms with van der Waals surface area (Å²) in [6.45, 7) is 1.68. The number of ether oxygens (including phenoxy) is 1. The lowest BCUT2D eigenvalue weighted by molar-refractivity contribution is -0.384. The van der Waals surface area contributed by atoms with Gasteiger partial charge in [0.15, 0.2) is 0 Å². The largest absolute Gasteiger partial charge is 0.378 e. The van der Waals surface area contributed by atoms with E-state index in [1.807, 2.05) is 0 Å². The molecule has 1 amide bonds. The van der Waals surface area contributed by atoms with E-state index in [1.54, 1.807) is 4.90 Å². The van der Waals surface area contributed by atoms with Gasteiger partial charge in [0.05, 0.1) is 23.1 Å². The Morgan fingerprint density at radius 1 is 1.14 bits per heavy atom. The molecule has 1 aromatic carbocycles. The number of nitro groups is 2. The lowest BCUT2D eigenvalue weighted by atomic mass is 10.2. The Balaban J connectivity index is 1.80. The van der Waals surface area contributed by atoms with Gasteiger partial charge in [0.2, 0.25) is 11.6 Å². The fourth-order valence-electron chi connectivity index (χ4n) is 2.58. The molecule has 13 nitrogen and oxygen atoms in total. The van der Waals surface area contributed by atoms with E-state index in [2.05, 4.69) is 20.8 Å². The molecule has 28 heavy (non-hydrogen) atoms. The molecule has 146 valence electrons. The molecular weight excluding hydrogens is 374 g/mol. The Labute approximate surface area is 157 Å². The quantitative estimate of drug-likeness (QED) is 0.535. The summed E-state index contributed by atoms with van der Waals surface area (Å²) in [4.78, 5) is 42.8. The van der Waals surface area contributed by atoms with Gasteiger partial charge in [-0.3, -0.25) is 35.9 Å². The minimum atomic E-state index is -0.718. The van der Waals surface area contributed by atoms with Crippen molar-refractivity contribution in [2.45, 2.75) is 0 Å². The van der Waals surface area contributed by atoms with Crippen LogP contribution in [0.25, 0.3) is 0 Å². The van der Waals surface area contributed by atoms with Crippen LogP contribution < -0.4 is 15.8 Å². The monoisotopic (exact) mass is 389 g/mol. The molecule has 2 aromatic rings. The second kappa shape index (κ2) is 8.22. The van der Waals surface area contributed by atoms with E-state index in [-0.39, 0.29) is 22.9 Å². The number of amides is 1. The Morgan fingerprint density at radius 2 is 1.89 bits per heavy atom. The van der Waals surface area contributed by atoms with Crippen LogP contribution in [0.1, 0.15) is 10.4 Å². The van der Waals surface area contributed by atoms with Crippen LogP contribution in [-0.2, 0) is 4.74 Å². The fraction of sp³-hybridized carbons (Fsp3) is 0.267. The molecule has 1 aliphatic heterocycles. The van der Waals surface area contributed by atoms with Crippen LogP contribution in [0.15, 0.2) is 30.6 Å². The molecule has 1 aliphatic rings. The minimum Gasteiger partial charge on any atom is -0.378 e. The number of non-ortho nitro benzene ring substituents is 1. The number of nitrogens with one attached hydrogen (secondary N) is 2. The van der Waals surface area contributed by atoms with Gasteiger partial charge in [0.25, 0.3) is 11.6 Å². The van der Waals surface area contributed by atoms with Crippen LogP contribution in [0, 0.1) is 20.2 Å². The molecule has 13 heteroatoms. The number of anilines is 2. The van der Waals surface area contributed by atoms with E-state index in [0.29, 0.717) is 26.3 Å². The van der Waals surface area contributed by atoms with E-state index in [1.165, 1.54) is 18.2 Å². The molecular formula is C15H15N7O6. The highest BCUT2D eigenvalue weighted by Crippen LogP contribution is 2.31. The van der Waals surface area contributed by atoms with Crippen molar-refractivity contribution in [3.8, 4) is 0 Å². The third-order valence-corrected chi connectivity index (χ3v) is 3.91. The number of benzene rings is 1. The summed E-state index contributed by atoms with van der Waals surface area (Å²) in [6, 6.07) is 5.06. The van der Waals surface area contributed by atoms with Crippen molar-refractivity contribution < 1.29 is 19.4 Å². The van der Waals surface area contributed by atoms with Crippen LogP contribution in [0.3, 0.4) is 0 Å². The first-order valence-electron chi connectivity index (χ1n) is 8.10. The first-order valence-corrected chi connectivity index (χ1v) is 8.10. The van der Waals surface area contributed by atoms with Gasteiger partial charge in [-0.2, -0.15) is 0 Å². The van der Waals surface area contributed by atoms with E-state index >= 15 is 0 Å².